The van der Waals surface area contributed by atoms with E-state index in [-0.39, 0.29) is 17.9 Å². The van der Waals surface area contributed by atoms with Crippen LogP contribution in [0, 0.1) is 0 Å². The number of aliphatic imine (C=N–C) groups is 3. The van der Waals surface area contributed by atoms with Gasteiger partial charge in [0, 0.05) is 52.4 Å². The van der Waals surface area contributed by atoms with Crippen molar-refractivity contribution >= 4 is 34.9 Å². The first-order valence-electron chi connectivity index (χ1n) is 16.3. The van der Waals surface area contributed by atoms with E-state index in [1.807, 2.05) is 54.6 Å². The van der Waals surface area contributed by atoms with Crippen LogP contribution in [-0.2, 0) is 32.7 Å². The number of nitrogens with two attached hydrogens (primary N) is 6. The fraction of sp³-hybridized carbons (Fsp3) is 0.278. The molecule has 13 nitrogen and oxygen atoms in total. The summed E-state index contributed by atoms with van der Waals surface area (Å²) in [4.78, 5) is 25.2. The number of pyridine rings is 1. The fourth-order valence-electron chi connectivity index (χ4n) is 6.06. The molecule has 0 amide bonds. The molecule has 2 bridgehead atoms. The number of benzene rings is 3. The van der Waals surface area contributed by atoms with Gasteiger partial charge in [-0.25, -0.2) is 15.0 Å². The minimum atomic E-state index is 0.0376. The van der Waals surface area contributed by atoms with E-state index in [4.69, 9.17) is 39.4 Å². The second-order valence-corrected chi connectivity index (χ2v) is 12.3. The van der Waals surface area contributed by atoms with E-state index in [0.29, 0.717) is 19.6 Å². The van der Waals surface area contributed by atoms with E-state index in [9.17, 15) is 0 Å². The lowest BCUT2D eigenvalue weighted by Crippen LogP contribution is -2.36. The molecule has 3 aromatic carbocycles. The lowest BCUT2D eigenvalue weighted by atomic mass is 10.1. The van der Waals surface area contributed by atoms with Crippen LogP contribution in [0.25, 0.3) is 0 Å². The number of rotatable bonds is 9. The number of fused-ring (bicyclic) bond motifs is 2. The molecule has 0 spiro atoms. The Kier molecular flexibility index (Phi) is 12.1. The molecule has 0 fully saturated rings. The molecule has 12 N–H and O–H groups in total. The number of guanidine groups is 3. The Hall–Kier alpha value is -5.50. The van der Waals surface area contributed by atoms with Crippen molar-refractivity contribution in [3.63, 3.8) is 0 Å². The van der Waals surface area contributed by atoms with Crippen molar-refractivity contribution in [3.8, 4) is 0 Å². The highest BCUT2D eigenvalue weighted by Gasteiger charge is 2.17. The maximum atomic E-state index is 5.67. The van der Waals surface area contributed by atoms with Gasteiger partial charge in [0.05, 0.1) is 28.5 Å². The van der Waals surface area contributed by atoms with Crippen LogP contribution in [0.3, 0.4) is 0 Å². The molecule has 1 aliphatic rings. The van der Waals surface area contributed by atoms with Crippen molar-refractivity contribution in [2.24, 2.45) is 49.4 Å². The Bertz CT molecular complexity index is 1770. The summed E-state index contributed by atoms with van der Waals surface area (Å²) in [6.07, 6.45) is 0.960. The molecule has 0 radical (unpaired) electrons. The topological polar surface area (TPSA) is 216 Å². The van der Waals surface area contributed by atoms with Crippen LogP contribution < -0.4 is 34.4 Å². The molecule has 256 valence electrons. The Morgan fingerprint density at radius 1 is 0.490 bits per heavy atom. The molecule has 0 saturated heterocycles. The van der Waals surface area contributed by atoms with Crippen LogP contribution in [0.15, 0.2) is 106 Å². The normalized spacial score (nSPS) is 14.9. The van der Waals surface area contributed by atoms with Crippen molar-refractivity contribution in [1.29, 1.82) is 0 Å². The highest BCUT2D eigenvalue weighted by molar-refractivity contribution is 5.80. The summed E-state index contributed by atoms with van der Waals surface area (Å²) in [5.41, 5.74) is 41.6. The van der Waals surface area contributed by atoms with Crippen molar-refractivity contribution in [2.75, 3.05) is 26.2 Å². The number of aromatic nitrogens is 1. The first-order valence-corrected chi connectivity index (χ1v) is 16.3. The summed E-state index contributed by atoms with van der Waals surface area (Å²) in [7, 11) is 0. The van der Waals surface area contributed by atoms with Gasteiger partial charge in [-0.1, -0.05) is 42.5 Å². The molecule has 0 atom stereocenters. The molecular weight excluding hydrogens is 614 g/mol. The predicted octanol–water partition coefficient (Wildman–Crippen LogP) is 2.71. The number of hydrogen-bond acceptors (Lipinski definition) is 7. The Balaban J connectivity index is 1.42. The molecule has 4 aromatic rings. The Labute approximate surface area is 288 Å². The molecule has 49 heavy (non-hydrogen) atoms. The average molecular weight is 662 g/mol. The number of hydrogen-bond donors (Lipinski definition) is 6. The summed E-state index contributed by atoms with van der Waals surface area (Å²) in [6.45, 7) is 7.06. The lowest BCUT2D eigenvalue weighted by Gasteiger charge is -2.28. The van der Waals surface area contributed by atoms with Gasteiger partial charge in [-0.05, 0) is 78.2 Å². The molecule has 1 aliphatic heterocycles. The second-order valence-electron chi connectivity index (χ2n) is 12.3. The van der Waals surface area contributed by atoms with Gasteiger partial charge in [-0.3, -0.25) is 19.7 Å². The molecule has 0 saturated carbocycles. The zero-order valence-corrected chi connectivity index (χ0v) is 27.8. The Morgan fingerprint density at radius 2 is 0.857 bits per heavy atom. The molecule has 0 unspecified atom stereocenters. The third-order valence-corrected chi connectivity index (χ3v) is 8.04. The molecule has 5 rings (SSSR count). The van der Waals surface area contributed by atoms with E-state index in [2.05, 4.69) is 66.1 Å². The van der Waals surface area contributed by atoms with Crippen molar-refractivity contribution in [2.45, 2.75) is 39.1 Å². The van der Waals surface area contributed by atoms with Gasteiger partial charge in [0.1, 0.15) is 0 Å². The summed E-state index contributed by atoms with van der Waals surface area (Å²) < 4.78 is 0. The second kappa shape index (κ2) is 17.1. The van der Waals surface area contributed by atoms with Gasteiger partial charge < -0.3 is 34.4 Å². The van der Waals surface area contributed by atoms with E-state index < -0.39 is 0 Å². The lowest BCUT2D eigenvalue weighted by molar-refractivity contribution is 0.176. The smallest absolute Gasteiger partial charge is 0.191 e. The minimum Gasteiger partial charge on any atom is -0.370 e. The van der Waals surface area contributed by atoms with Gasteiger partial charge in [-0.2, -0.15) is 0 Å². The van der Waals surface area contributed by atoms with Crippen LogP contribution in [-0.4, -0.2) is 63.7 Å². The predicted molar refractivity (Wildman–Crippen MR) is 198 cm³/mol. The minimum absolute atomic E-state index is 0.0376. The zero-order valence-electron chi connectivity index (χ0n) is 27.8. The summed E-state index contributed by atoms with van der Waals surface area (Å²) >= 11 is 0. The van der Waals surface area contributed by atoms with Gasteiger partial charge in [0.25, 0.3) is 0 Å². The number of nitrogens with zero attached hydrogens (tertiary/aromatic N) is 7. The standard InChI is InChI=1S/C36H47N13/c37-34(38)44-29-9-1-6-26(18-29)21-47-14-5-15-48(22-27-7-2-10-30(19-27)45-35(39)40)24-32-12-4-13-33(43-32)25-49(17-16-47)23-28-8-3-11-31(20-28)46-36(41)42/h1-4,6-13,18-20H,5,14-17,21-25H2,(H4,37,38,44)(H4,39,40,45)(H4,41,42,46). The van der Waals surface area contributed by atoms with Crippen LogP contribution in [0.2, 0.25) is 0 Å². The summed E-state index contributed by atoms with van der Waals surface area (Å²) in [5, 5.41) is 0. The van der Waals surface area contributed by atoms with E-state index in [0.717, 1.165) is 90.8 Å². The molecule has 0 aliphatic carbocycles. The van der Waals surface area contributed by atoms with Gasteiger partial charge in [-0.15, -0.1) is 0 Å². The molecule has 1 aromatic heterocycles. The highest BCUT2D eigenvalue weighted by Crippen LogP contribution is 2.21. The van der Waals surface area contributed by atoms with Crippen molar-refractivity contribution < 1.29 is 0 Å². The monoisotopic (exact) mass is 661 g/mol. The van der Waals surface area contributed by atoms with Crippen molar-refractivity contribution in [1.82, 2.24) is 19.7 Å². The van der Waals surface area contributed by atoms with Crippen molar-refractivity contribution in [3.05, 3.63) is 119 Å². The van der Waals surface area contributed by atoms with Gasteiger partial charge >= 0.3 is 0 Å². The van der Waals surface area contributed by atoms with Crippen LogP contribution in [0.4, 0.5) is 17.1 Å². The van der Waals surface area contributed by atoms with E-state index >= 15 is 0 Å². The summed E-state index contributed by atoms with van der Waals surface area (Å²) in [5.74, 6) is 0.121. The van der Waals surface area contributed by atoms with E-state index in [1.54, 1.807) is 0 Å². The maximum absolute atomic E-state index is 5.67. The third kappa shape index (κ3) is 11.6. The fourth-order valence-corrected chi connectivity index (χ4v) is 6.06. The molecule has 13 heteroatoms. The summed E-state index contributed by atoms with van der Waals surface area (Å²) in [6, 6.07) is 30.4. The molecule has 2 heterocycles. The third-order valence-electron chi connectivity index (χ3n) is 8.04. The zero-order chi connectivity index (χ0) is 34.6. The highest BCUT2D eigenvalue weighted by atomic mass is 15.2. The van der Waals surface area contributed by atoms with Crippen LogP contribution in [0.5, 0.6) is 0 Å². The van der Waals surface area contributed by atoms with E-state index in [1.165, 1.54) is 0 Å². The van der Waals surface area contributed by atoms with Crippen LogP contribution >= 0.6 is 0 Å². The quantitative estimate of drug-likeness (QED) is 0.114. The van der Waals surface area contributed by atoms with Crippen LogP contribution in [0.1, 0.15) is 34.5 Å². The first-order chi connectivity index (χ1) is 23.7. The average Bonchev–Trinajstić information content (AvgIpc) is 3.03. The first kappa shape index (κ1) is 34.8. The Morgan fingerprint density at radius 3 is 1.31 bits per heavy atom. The maximum Gasteiger partial charge on any atom is 0.191 e. The van der Waals surface area contributed by atoms with Gasteiger partial charge in [0.2, 0.25) is 0 Å². The largest absolute Gasteiger partial charge is 0.370 e. The van der Waals surface area contributed by atoms with Gasteiger partial charge in [0.15, 0.2) is 17.9 Å². The SMILES string of the molecule is NC(N)=Nc1cccc(CN2CCCN(Cc3cccc(N=C(N)N)c3)Cc3cccc(n3)CN(Cc3cccc(N=C(N)N)c3)CC2)c1. The molecular formula is C36H47N13.